The van der Waals surface area contributed by atoms with Gasteiger partial charge < -0.3 is 19.1 Å². The quantitative estimate of drug-likeness (QED) is 0.597. The largest absolute Gasteiger partial charge is 0.490 e. The number of anilines is 1. The highest BCUT2D eigenvalue weighted by Crippen LogP contribution is 2.34. The van der Waals surface area contributed by atoms with Crippen molar-refractivity contribution < 1.29 is 27.4 Å². The number of amides is 1. The molecule has 12 heteroatoms. The number of aromatic nitrogens is 1. The fourth-order valence-electron chi connectivity index (χ4n) is 4.56. The summed E-state index contributed by atoms with van der Waals surface area (Å²) < 4.78 is 43.0. The van der Waals surface area contributed by atoms with Gasteiger partial charge in [0.25, 0.3) is 0 Å². The Bertz CT molecular complexity index is 1140. The highest BCUT2D eigenvalue weighted by atomic mass is 32.2. The normalized spacial score (nSPS) is 19.7. The second-order valence-corrected chi connectivity index (χ2v) is 11.5. The minimum Gasteiger partial charge on any atom is -0.490 e. The molecule has 0 aliphatic carbocycles. The summed E-state index contributed by atoms with van der Waals surface area (Å²) >= 11 is 1.17. The molecule has 36 heavy (non-hydrogen) atoms. The third-order valence-electron chi connectivity index (χ3n) is 6.15. The Morgan fingerprint density at radius 3 is 2.94 bits per heavy atom. The third-order valence-corrected chi connectivity index (χ3v) is 7.65. The van der Waals surface area contributed by atoms with Gasteiger partial charge in [-0.2, -0.15) is 0 Å². The molecule has 198 valence electrons. The zero-order chi connectivity index (χ0) is 25.5. The van der Waals surface area contributed by atoms with Crippen molar-refractivity contribution in [1.29, 1.82) is 0 Å². The maximum absolute atomic E-state index is 13.3. The molecule has 4 rings (SSSR count). The van der Waals surface area contributed by atoms with Crippen LogP contribution in [0.2, 0.25) is 0 Å². The maximum atomic E-state index is 13.3. The first-order valence-corrected chi connectivity index (χ1v) is 15.0. The summed E-state index contributed by atoms with van der Waals surface area (Å²) in [6, 6.07) is 6.21. The summed E-state index contributed by atoms with van der Waals surface area (Å²) in [6.07, 6.45) is 3.26. The minimum atomic E-state index is -3.41. The first-order valence-electron chi connectivity index (χ1n) is 12.2. The Hall–Kier alpha value is -2.41. The number of sulfonamides is 1. The summed E-state index contributed by atoms with van der Waals surface area (Å²) in [4.78, 5) is 21.8. The number of fused-ring (bicyclic) bond motifs is 2. The van der Waals surface area contributed by atoms with E-state index in [-0.39, 0.29) is 23.5 Å². The lowest BCUT2D eigenvalue weighted by molar-refractivity contribution is -0.132. The molecule has 10 nitrogen and oxygen atoms in total. The number of hydrogen-bond acceptors (Lipinski definition) is 9. The van der Waals surface area contributed by atoms with Gasteiger partial charge in [-0.3, -0.25) is 14.4 Å². The number of nitrogens with zero attached hydrogens (tertiary/aromatic N) is 3. The molecule has 1 saturated heterocycles. The molecular formula is C24H34N4O6S2. The molecule has 1 fully saturated rings. The second-order valence-electron chi connectivity index (χ2n) is 8.94. The fraction of sp³-hybridized carbons (Fsp3) is 0.583. The Labute approximate surface area is 216 Å². The third kappa shape index (κ3) is 7.31. The van der Waals surface area contributed by atoms with Crippen LogP contribution in [0.1, 0.15) is 31.0 Å². The van der Waals surface area contributed by atoms with Crippen LogP contribution in [0.25, 0.3) is 0 Å². The van der Waals surface area contributed by atoms with Crippen LogP contribution in [-0.2, 0) is 32.5 Å². The average molecular weight is 539 g/mol. The molecule has 1 N–H and O–H groups in total. The molecule has 0 bridgehead atoms. The van der Waals surface area contributed by atoms with Gasteiger partial charge in [-0.1, -0.05) is 12.1 Å². The number of rotatable bonds is 6. The number of benzene rings is 1. The van der Waals surface area contributed by atoms with Crippen LogP contribution in [-0.4, -0.2) is 87.5 Å². The molecule has 2 aliphatic heterocycles. The van der Waals surface area contributed by atoms with E-state index < -0.39 is 10.0 Å². The van der Waals surface area contributed by atoms with E-state index in [1.165, 1.54) is 11.3 Å². The van der Waals surface area contributed by atoms with Crippen molar-refractivity contribution in [2.45, 2.75) is 38.8 Å². The molecule has 0 radical (unpaired) electrons. The molecule has 0 saturated carbocycles. The van der Waals surface area contributed by atoms with Gasteiger partial charge in [0.15, 0.2) is 16.6 Å². The molecule has 0 spiro atoms. The molecule has 1 aromatic heterocycles. The van der Waals surface area contributed by atoms with E-state index in [2.05, 4.69) is 20.7 Å². The van der Waals surface area contributed by atoms with Gasteiger partial charge in [-0.05, 0) is 32.4 Å². The van der Waals surface area contributed by atoms with E-state index >= 15 is 0 Å². The van der Waals surface area contributed by atoms with E-state index in [4.69, 9.17) is 14.2 Å². The predicted molar refractivity (Wildman–Crippen MR) is 138 cm³/mol. The van der Waals surface area contributed by atoms with Crippen molar-refractivity contribution in [1.82, 2.24) is 14.8 Å². The zero-order valence-corrected chi connectivity index (χ0v) is 22.4. The topological polar surface area (TPSA) is 110 Å². The molecular weight excluding hydrogens is 504 g/mol. The summed E-state index contributed by atoms with van der Waals surface area (Å²) in [6.45, 7) is 6.46. The van der Waals surface area contributed by atoms with E-state index in [9.17, 15) is 13.2 Å². The van der Waals surface area contributed by atoms with Gasteiger partial charge in [-0.25, -0.2) is 13.4 Å². The Morgan fingerprint density at radius 1 is 1.28 bits per heavy atom. The summed E-state index contributed by atoms with van der Waals surface area (Å²) in [5.74, 6) is 1.46. The lowest BCUT2D eigenvalue weighted by atomic mass is 10.1. The Morgan fingerprint density at radius 2 is 2.14 bits per heavy atom. The number of thiazole rings is 1. The Kier molecular flexibility index (Phi) is 9.04. The first kappa shape index (κ1) is 26.6. The van der Waals surface area contributed by atoms with Gasteiger partial charge in [0.05, 0.1) is 38.2 Å². The number of ether oxygens (including phenoxy) is 3. The van der Waals surface area contributed by atoms with E-state index in [0.717, 1.165) is 49.2 Å². The fourth-order valence-corrected chi connectivity index (χ4v) is 6.12. The lowest BCUT2D eigenvalue weighted by Gasteiger charge is -2.31. The van der Waals surface area contributed by atoms with E-state index in [1.807, 2.05) is 24.0 Å². The summed E-state index contributed by atoms with van der Waals surface area (Å²) in [5, 5.41) is 1.98. The molecule has 1 amide bonds. The molecule has 2 aliphatic rings. The van der Waals surface area contributed by atoms with Crippen molar-refractivity contribution in [3.05, 3.63) is 34.8 Å². The molecule has 0 unspecified atom stereocenters. The van der Waals surface area contributed by atoms with Crippen LogP contribution >= 0.6 is 11.3 Å². The summed E-state index contributed by atoms with van der Waals surface area (Å²) in [7, 11) is -3.41. The monoisotopic (exact) mass is 538 g/mol. The van der Waals surface area contributed by atoms with Crippen molar-refractivity contribution in [3.8, 4) is 11.5 Å². The predicted octanol–water partition coefficient (Wildman–Crippen LogP) is 2.36. The van der Waals surface area contributed by atoms with Crippen LogP contribution in [0.3, 0.4) is 0 Å². The van der Waals surface area contributed by atoms with Crippen molar-refractivity contribution in [2.75, 3.05) is 57.0 Å². The Balaban J connectivity index is 1.49. The van der Waals surface area contributed by atoms with Gasteiger partial charge in [-0.15, -0.1) is 11.3 Å². The standard InChI is InChI=1S/C24H34N4O6S2/c1-3-33-21-8-4-6-18-15-27-9-5-7-20(27)16-28(10-11-32-12-13-34-23(18)21)22(29)14-19-17-35-24(25-19)26-36(2,30)31/h4,6,8,17,20H,3,5,7,9-16H2,1-2H3,(H,25,26)/t20-/m0/s1. The van der Waals surface area contributed by atoms with Crippen molar-refractivity contribution in [2.24, 2.45) is 0 Å². The van der Waals surface area contributed by atoms with Crippen LogP contribution in [0.15, 0.2) is 23.6 Å². The highest BCUT2D eigenvalue weighted by Gasteiger charge is 2.30. The SMILES string of the molecule is CCOc1cccc2c1OCCOCCN(C(=O)Cc1csc(NS(C)(=O)=O)n1)C[C@@H]1CCCN1C2. The molecule has 3 heterocycles. The number of carbonyl (C=O) groups is 1. The highest BCUT2D eigenvalue weighted by molar-refractivity contribution is 7.92. The van der Waals surface area contributed by atoms with Crippen LogP contribution in [0.4, 0.5) is 5.13 Å². The van der Waals surface area contributed by atoms with Gasteiger partial charge in [0.1, 0.15) is 6.61 Å². The first-order chi connectivity index (χ1) is 17.3. The number of carbonyl (C=O) groups excluding carboxylic acids is 1. The van der Waals surface area contributed by atoms with Crippen LogP contribution < -0.4 is 14.2 Å². The van der Waals surface area contributed by atoms with Gasteiger partial charge in [0, 0.05) is 36.6 Å². The molecule has 1 aromatic carbocycles. The van der Waals surface area contributed by atoms with Crippen molar-refractivity contribution >= 4 is 32.4 Å². The summed E-state index contributed by atoms with van der Waals surface area (Å²) in [5.41, 5.74) is 1.62. The van der Waals surface area contributed by atoms with Crippen molar-refractivity contribution in [3.63, 3.8) is 0 Å². The van der Waals surface area contributed by atoms with E-state index in [0.29, 0.717) is 45.2 Å². The number of para-hydroxylation sites is 1. The van der Waals surface area contributed by atoms with E-state index in [1.54, 1.807) is 5.38 Å². The number of nitrogens with one attached hydrogen (secondary N) is 1. The van der Waals surface area contributed by atoms with Gasteiger partial charge >= 0.3 is 0 Å². The van der Waals surface area contributed by atoms with Gasteiger partial charge in [0.2, 0.25) is 15.9 Å². The van der Waals surface area contributed by atoms with Crippen LogP contribution in [0.5, 0.6) is 11.5 Å². The average Bonchev–Trinajstić information content (AvgIpc) is 3.44. The second kappa shape index (κ2) is 12.2. The molecule has 2 aromatic rings. The maximum Gasteiger partial charge on any atom is 0.231 e. The van der Waals surface area contributed by atoms with Crippen LogP contribution in [0, 0.1) is 0 Å². The lowest BCUT2D eigenvalue weighted by Crippen LogP contribution is -2.44. The smallest absolute Gasteiger partial charge is 0.231 e. The zero-order valence-electron chi connectivity index (χ0n) is 20.8. The molecule has 1 atom stereocenters. The number of hydrogen-bond donors (Lipinski definition) is 1. The minimum absolute atomic E-state index is 0.0493.